The van der Waals surface area contributed by atoms with Gasteiger partial charge in [-0.15, -0.1) is 0 Å². The van der Waals surface area contributed by atoms with Gasteiger partial charge in [0, 0.05) is 25.2 Å². The molecule has 2 aromatic carbocycles. The lowest BCUT2D eigenvalue weighted by atomic mass is 9.99. The summed E-state index contributed by atoms with van der Waals surface area (Å²) >= 11 is 5.83. The van der Waals surface area contributed by atoms with Crippen molar-refractivity contribution in [2.45, 2.75) is 24.7 Å². The summed E-state index contributed by atoms with van der Waals surface area (Å²) in [5, 5.41) is 0.474. The van der Waals surface area contributed by atoms with E-state index in [1.54, 1.807) is 36.4 Å². The maximum Gasteiger partial charge on any atom is 0.264 e. The van der Waals surface area contributed by atoms with Crippen molar-refractivity contribution in [3.63, 3.8) is 0 Å². The number of halogens is 1. The topological polar surface area (TPSA) is 66.9 Å². The first-order valence-electron chi connectivity index (χ1n) is 9.52. The number of benzene rings is 2. The second kappa shape index (κ2) is 9.05. The van der Waals surface area contributed by atoms with Crippen LogP contribution in [0.2, 0.25) is 5.02 Å². The Labute approximate surface area is 177 Å². The van der Waals surface area contributed by atoms with Crippen LogP contribution in [0.1, 0.15) is 19.8 Å². The lowest BCUT2D eigenvalue weighted by molar-refractivity contribution is -0.134. The molecule has 1 amide bonds. The first kappa shape index (κ1) is 21.5. The van der Waals surface area contributed by atoms with E-state index in [4.69, 9.17) is 16.3 Å². The SMILES string of the molecule is CC1CCN(C(=O)COc2ccc(N(C)S(=O)(=O)c3ccc(Cl)cc3)cc2)CC1. The number of amides is 1. The third-order valence-electron chi connectivity index (χ3n) is 5.17. The van der Waals surface area contributed by atoms with Gasteiger partial charge in [-0.2, -0.15) is 0 Å². The molecule has 3 rings (SSSR count). The van der Waals surface area contributed by atoms with E-state index in [1.807, 2.05) is 4.90 Å². The largest absolute Gasteiger partial charge is 0.484 e. The predicted octanol–water partition coefficient (Wildman–Crippen LogP) is 3.80. The van der Waals surface area contributed by atoms with Crippen LogP contribution < -0.4 is 9.04 Å². The van der Waals surface area contributed by atoms with Crippen molar-refractivity contribution in [2.75, 3.05) is 31.0 Å². The van der Waals surface area contributed by atoms with Crippen LogP contribution in [0.4, 0.5) is 5.69 Å². The van der Waals surface area contributed by atoms with E-state index in [2.05, 4.69) is 6.92 Å². The fraction of sp³-hybridized carbons (Fsp3) is 0.381. The monoisotopic (exact) mass is 436 g/mol. The molecule has 0 spiro atoms. The lowest BCUT2D eigenvalue weighted by Gasteiger charge is -2.30. The van der Waals surface area contributed by atoms with Crippen LogP contribution in [-0.4, -0.2) is 46.0 Å². The van der Waals surface area contributed by atoms with Crippen LogP contribution in [0.3, 0.4) is 0 Å². The summed E-state index contributed by atoms with van der Waals surface area (Å²) in [6.45, 7) is 3.72. The molecule has 0 saturated carbocycles. The molecule has 6 nitrogen and oxygen atoms in total. The highest BCUT2D eigenvalue weighted by Crippen LogP contribution is 2.25. The van der Waals surface area contributed by atoms with Crippen LogP contribution in [0.25, 0.3) is 0 Å². The van der Waals surface area contributed by atoms with Gasteiger partial charge in [-0.3, -0.25) is 9.10 Å². The zero-order valence-electron chi connectivity index (χ0n) is 16.5. The van der Waals surface area contributed by atoms with Crippen molar-refractivity contribution < 1.29 is 17.9 Å². The maximum absolute atomic E-state index is 12.7. The van der Waals surface area contributed by atoms with E-state index in [1.165, 1.54) is 23.5 Å². The molecule has 1 fully saturated rings. The average Bonchev–Trinajstić information content (AvgIpc) is 2.72. The first-order valence-corrected chi connectivity index (χ1v) is 11.3. The Morgan fingerprint density at radius 2 is 1.69 bits per heavy atom. The Bertz CT molecular complexity index is 938. The number of rotatable bonds is 6. The third kappa shape index (κ3) is 5.22. The molecule has 29 heavy (non-hydrogen) atoms. The minimum Gasteiger partial charge on any atom is -0.484 e. The highest BCUT2D eigenvalue weighted by atomic mass is 35.5. The van der Waals surface area contributed by atoms with Crippen molar-refractivity contribution >= 4 is 33.2 Å². The molecule has 1 heterocycles. The van der Waals surface area contributed by atoms with E-state index in [-0.39, 0.29) is 17.4 Å². The van der Waals surface area contributed by atoms with E-state index < -0.39 is 10.0 Å². The highest BCUT2D eigenvalue weighted by Gasteiger charge is 2.22. The highest BCUT2D eigenvalue weighted by molar-refractivity contribution is 7.92. The molecule has 0 N–H and O–H groups in total. The summed E-state index contributed by atoms with van der Waals surface area (Å²) < 4.78 is 32.3. The molecular formula is C21H25ClN2O4S. The van der Waals surface area contributed by atoms with Gasteiger partial charge in [-0.25, -0.2) is 8.42 Å². The number of anilines is 1. The minimum atomic E-state index is -3.69. The standard InChI is InChI=1S/C21H25ClN2O4S/c1-16-11-13-24(14-12-16)21(25)15-28-19-7-5-18(6-8-19)23(2)29(26,27)20-9-3-17(22)4-10-20/h3-10,16H,11-15H2,1-2H3. The summed E-state index contributed by atoms with van der Waals surface area (Å²) in [6.07, 6.45) is 2.05. The fourth-order valence-corrected chi connectivity index (χ4v) is 4.47. The van der Waals surface area contributed by atoms with Gasteiger partial charge in [0.05, 0.1) is 10.6 Å². The predicted molar refractivity (Wildman–Crippen MR) is 114 cm³/mol. The van der Waals surface area contributed by atoms with Gasteiger partial charge in [0.2, 0.25) is 0 Å². The number of hydrogen-bond acceptors (Lipinski definition) is 4. The number of carbonyl (C=O) groups is 1. The zero-order chi connectivity index (χ0) is 21.0. The van der Waals surface area contributed by atoms with Crippen molar-refractivity contribution in [3.8, 4) is 5.75 Å². The lowest BCUT2D eigenvalue weighted by Crippen LogP contribution is -2.40. The normalized spacial score (nSPS) is 15.2. The van der Waals surface area contributed by atoms with E-state index in [0.29, 0.717) is 22.4 Å². The number of ether oxygens (including phenoxy) is 1. The van der Waals surface area contributed by atoms with E-state index in [0.717, 1.165) is 25.9 Å². The van der Waals surface area contributed by atoms with Gasteiger partial charge < -0.3 is 9.64 Å². The smallest absolute Gasteiger partial charge is 0.264 e. The molecule has 0 aromatic heterocycles. The fourth-order valence-electron chi connectivity index (χ4n) is 3.15. The molecular weight excluding hydrogens is 412 g/mol. The number of carbonyl (C=O) groups excluding carboxylic acids is 1. The number of sulfonamides is 1. The molecule has 1 aliphatic rings. The van der Waals surface area contributed by atoms with Gasteiger partial charge in [0.25, 0.3) is 15.9 Å². The molecule has 156 valence electrons. The summed E-state index contributed by atoms with van der Waals surface area (Å²) in [7, 11) is -2.21. The van der Waals surface area contributed by atoms with Crippen LogP contribution in [-0.2, 0) is 14.8 Å². The van der Waals surface area contributed by atoms with Crippen LogP contribution in [0.5, 0.6) is 5.75 Å². The van der Waals surface area contributed by atoms with E-state index >= 15 is 0 Å². The quantitative estimate of drug-likeness (QED) is 0.690. The molecule has 0 aliphatic carbocycles. The summed E-state index contributed by atoms with van der Waals surface area (Å²) in [5.41, 5.74) is 0.489. The minimum absolute atomic E-state index is 0.0212. The van der Waals surface area contributed by atoms with Gasteiger partial charge >= 0.3 is 0 Å². The molecule has 0 radical (unpaired) electrons. The van der Waals surface area contributed by atoms with Crippen LogP contribution in [0, 0.1) is 5.92 Å². The molecule has 0 atom stereocenters. The first-order chi connectivity index (χ1) is 13.8. The number of likely N-dealkylation sites (tertiary alicyclic amines) is 1. The second-order valence-corrected chi connectivity index (χ2v) is 9.68. The Hall–Kier alpha value is -2.25. The molecule has 8 heteroatoms. The van der Waals surface area contributed by atoms with Gasteiger partial charge in [-0.05, 0) is 67.3 Å². The van der Waals surface area contributed by atoms with Crippen molar-refractivity contribution in [3.05, 3.63) is 53.6 Å². The van der Waals surface area contributed by atoms with Crippen molar-refractivity contribution in [1.29, 1.82) is 0 Å². The zero-order valence-corrected chi connectivity index (χ0v) is 18.1. The Morgan fingerprint density at radius 3 is 2.28 bits per heavy atom. The average molecular weight is 437 g/mol. The van der Waals surface area contributed by atoms with Gasteiger partial charge in [-0.1, -0.05) is 18.5 Å². The maximum atomic E-state index is 12.7. The Balaban J connectivity index is 1.60. The van der Waals surface area contributed by atoms with Crippen molar-refractivity contribution in [2.24, 2.45) is 5.92 Å². The summed E-state index contributed by atoms with van der Waals surface area (Å²) in [5.74, 6) is 1.15. The Morgan fingerprint density at radius 1 is 1.10 bits per heavy atom. The van der Waals surface area contributed by atoms with Gasteiger partial charge in [0.15, 0.2) is 6.61 Å². The van der Waals surface area contributed by atoms with E-state index in [9.17, 15) is 13.2 Å². The second-order valence-electron chi connectivity index (χ2n) is 7.27. The molecule has 2 aromatic rings. The number of piperidine rings is 1. The summed E-state index contributed by atoms with van der Waals surface area (Å²) in [4.78, 5) is 14.3. The molecule has 1 aliphatic heterocycles. The Kier molecular flexibility index (Phi) is 6.70. The molecule has 1 saturated heterocycles. The molecule has 0 unspecified atom stereocenters. The number of hydrogen-bond donors (Lipinski definition) is 0. The molecule has 0 bridgehead atoms. The summed E-state index contributed by atoms with van der Waals surface area (Å²) in [6, 6.07) is 12.6. The van der Waals surface area contributed by atoms with Gasteiger partial charge in [0.1, 0.15) is 5.75 Å². The third-order valence-corrected chi connectivity index (χ3v) is 7.22. The number of nitrogens with zero attached hydrogens (tertiary/aromatic N) is 2. The van der Waals surface area contributed by atoms with Crippen LogP contribution >= 0.6 is 11.6 Å². The van der Waals surface area contributed by atoms with Crippen LogP contribution in [0.15, 0.2) is 53.4 Å². The van der Waals surface area contributed by atoms with Crippen molar-refractivity contribution in [1.82, 2.24) is 4.90 Å².